The minimum absolute atomic E-state index is 0.0175. The van der Waals surface area contributed by atoms with Crippen molar-refractivity contribution in [3.8, 4) is 0 Å². The maximum Gasteiger partial charge on any atom is 0.335 e. The molecule has 0 radical (unpaired) electrons. The van der Waals surface area contributed by atoms with Crippen LogP contribution in [-0.4, -0.2) is 80.7 Å². The van der Waals surface area contributed by atoms with Gasteiger partial charge in [0.1, 0.15) is 0 Å². The molecule has 3 N–H and O–H groups in total. The highest BCUT2D eigenvalue weighted by Gasteiger charge is 2.70. The molecule has 266 valence electrons. The Balaban J connectivity index is 1.13. The predicted molar refractivity (Wildman–Crippen MR) is 194 cm³/mol. The Morgan fingerprint density at radius 3 is 2.27 bits per heavy atom. The van der Waals surface area contributed by atoms with E-state index in [0.29, 0.717) is 65.3 Å². The first-order valence-electron chi connectivity index (χ1n) is 19.0. The quantitative estimate of drug-likeness (QED) is 0.303. The second kappa shape index (κ2) is 11.9. The summed E-state index contributed by atoms with van der Waals surface area (Å²) in [6.45, 7) is 16.2. The lowest BCUT2D eigenvalue weighted by atomic mass is 9.33. The van der Waals surface area contributed by atoms with Crippen molar-refractivity contribution in [2.75, 3.05) is 44.7 Å². The zero-order valence-corrected chi connectivity index (χ0v) is 31.2. The van der Waals surface area contributed by atoms with E-state index in [2.05, 4.69) is 63.3 Å². The number of sulfone groups is 1. The van der Waals surface area contributed by atoms with Gasteiger partial charge in [0.25, 0.3) is 0 Å². The molecule has 1 heterocycles. The van der Waals surface area contributed by atoms with E-state index in [9.17, 15) is 18.3 Å². The van der Waals surface area contributed by atoms with Gasteiger partial charge in [-0.25, -0.2) is 13.2 Å². The monoisotopic (exact) mass is 679 g/mol. The van der Waals surface area contributed by atoms with Crippen molar-refractivity contribution in [1.82, 2.24) is 15.5 Å². The summed E-state index contributed by atoms with van der Waals surface area (Å²) in [7, 11) is -0.668. The standard InChI is InChI=1S/C40H61N3O4S/c1-36(2)29(27-7-9-28(10-8-27)35(44)45)13-16-37(3)32(36)15-17-39(5)33(37)12-11-30-34-31(41-6)14-18-40(34,20-19-38(30,39)4)42-21-22-43-23-25-48(46,47)26-24-43/h7-10,13,30-34,41-42H,11-12,14-26H2,1-6H3,(H,44,45). The fourth-order valence-corrected chi connectivity index (χ4v) is 14.8. The minimum Gasteiger partial charge on any atom is -0.478 e. The van der Waals surface area contributed by atoms with Gasteiger partial charge < -0.3 is 20.6 Å². The third-order valence-corrected chi connectivity index (χ3v) is 17.8. The van der Waals surface area contributed by atoms with E-state index in [4.69, 9.17) is 0 Å². The Morgan fingerprint density at radius 2 is 1.60 bits per heavy atom. The SMILES string of the molecule is CNC1CCC2(NCCN3CCS(=O)(=O)CC3)CCC3(C)C(CCC4C5(C)CC=C(c6ccc(C(=O)O)cc6)C(C)(C)C5CCC43C)C12. The van der Waals surface area contributed by atoms with Gasteiger partial charge >= 0.3 is 5.97 Å². The molecule has 9 atom stereocenters. The molecular weight excluding hydrogens is 619 g/mol. The zero-order valence-electron chi connectivity index (χ0n) is 30.4. The first kappa shape index (κ1) is 34.7. The largest absolute Gasteiger partial charge is 0.478 e. The number of carboxylic acid groups (broad SMARTS) is 1. The summed E-state index contributed by atoms with van der Waals surface area (Å²) in [6, 6.07) is 8.13. The van der Waals surface area contributed by atoms with E-state index >= 15 is 0 Å². The van der Waals surface area contributed by atoms with Gasteiger partial charge in [-0.2, -0.15) is 0 Å². The Kier molecular flexibility index (Phi) is 8.61. The lowest BCUT2D eigenvalue weighted by molar-refractivity contribution is -0.218. The Bertz CT molecular complexity index is 1540. The molecular formula is C40H61N3O4S. The smallest absolute Gasteiger partial charge is 0.335 e. The molecule has 1 aromatic rings. The van der Waals surface area contributed by atoms with Crippen LogP contribution in [0.2, 0.25) is 0 Å². The molecule has 1 aromatic carbocycles. The van der Waals surface area contributed by atoms with Gasteiger partial charge in [0, 0.05) is 37.8 Å². The molecule has 1 aliphatic heterocycles. The van der Waals surface area contributed by atoms with Crippen LogP contribution >= 0.6 is 0 Å². The van der Waals surface area contributed by atoms with Crippen LogP contribution in [0.1, 0.15) is 108 Å². The number of nitrogens with zero attached hydrogens (tertiary/aromatic N) is 1. The number of fused-ring (bicyclic) bond motifs is 7. The third-order valence-electron chi connectivity index (χ3n) is 16.2. The first-order chi connectivity index (χ1) is 22.6. The van der Waals surface area contributed by atoms with E-state index in [1.807, 2.05) is 12.1 Å². The van der Waals surface area contributed by atoms with Crippen LogP contribution in [0, 0.1) is 45.3 Å². The summed E-state index contributed by atoms with van der Waals surface area (Å²) in [5.41, 5.74) is 3.94. The molecule has 7 nitrogen and oxygen atoms in total. The lowest BCUT2D eigenvalue weighted by Gasteiger charge is -2.72. The molecule has 8 heteroatoms. The Labute approximate surface area is 290 Å². The zero-order chi connectivity index (χ0) is 34.3. The summed E-state index contributed by atoms with van der Waals surface area (Å²) < 4.78 is 24.0. The van der Waals surface area contributed by atoms with E-state index in [1.54, 1.807) is 12.1 Å². The normalized spacial score (nSPS) is 43.3. The highest BCUT2D eigenvalue weighted by atomic mass is 32.2. The fourth-order valence-electron chi connectivity index (χ4n) is 13.6. The highest BCUT2D eigenvalue weighted by molar-refractivity contribution is 7.91. The second-order valence-corrected chi connectivity index (χ2v) is 20.4. The van der Waals surface area contributed by atoms with E-state index in [-0.39, 0.29) is 21.8 Å². The number of nitrogens with one attached hydrogen (secondary N) is 2. The number of carboxylic acids is 1. The number of hydrogen-bond donors (Lipinski definition) is 3. The molecule has 4 saturated carbocycles. The van der Waals surface area contributed by atoms with Crippen LogP contribution in [0.3, 0.4) is 0 Å². The molecule has 6 aliphatic rings. The molecule has 5 fully saturated rings. The number of benzene rings is 1. The molecule has 1 saturated heterocycles. The van der Waals surface area contributed by atoms with E-state index in [1.165, 1.54) is 62.5 Å². The van der Waals surface area contributed by atoms with Crippen LogP contribution in [0.4, 0.5) is 0 Å². The van der Waals surface area contributed by atoms with Crippen molar-refractivity contribution in [2.24, 2.45) is 45.3 Å². The van der Waals surface area contributed by atoms with Gasteiger partial charge in [0.15, 0.2) is 9.84 Å². The van der Waals surface area contributed by atoms with Crippen LogP contribution < -0.4 is 10.6 Å². The van der Waals surface area contributed by atoms with Crippen molar-refractivity contribution < 1.29 is 18.3 Å². The van der Waals surface area contributed by atoms with Gasteiger partial charge in [0.05, 0.1) is 17.1 Å². The number of hydrogen-bond acceptors (Lipinski definition) is 6. The Morgan fingerprint density at radius 1 is 0.896 bits per heavy atom. The van der Waals surface area contributed by atoms with Crippen molar-refractivity contribution in [1.29, 1.82) is 0 Å². The average molecular weight is 680 g/mol. The van der Waals surface area contributed by atoms with Gasteiger partial charge in [-0.1, -0.05) is 52.8 Å². The second-order valence-electron chi connectivity index (χ2n) is 18.1. The summed E-state index contributed by atoms with van der Waals surface area (Å²) in [4.78, 5) is 13.9. The van der Waals surface area contributed by atoms with Crippen LogP contribution in [0.15, 0.2) is 30.3 Å². The summed E-state index contributed by atoms with van der Waals surface area (Å²) >= 11 is 0. The molecule has 0 amide bonds. The van der Waals surface area contributed by atoms with E-state index in [0.717, 1.165) is 19.5 Å². The maximum absolute atomic E-state index is 12.0. The number of aromatic carboxylic acids is 1. The van der Waals surface area contributed by atoms with Crippen LogP contribution in [0.5, 0.6) is 0 Å². The van der Waals surface area contributed by atoms with Crippen molar-refractivity contribution in [3.05, 3.63) is 41.5 Å². The van der Waals surface area contributed by atoms with Crippen molar-refractivity contribution in [3.63, 3.8) is 0 Å². The number of rotatable bonds is 7. The highest BCUT2D eigenvalue weighted by Crippen LogP contribution is 2.76. The molecule has 0 bridgehead atoms. The average Bonchev–Trinajstić information content (AvgIpc) is 3.41. The number of allylic oxidation sites excluding steroid dienone is 2. The van der Waals surface area contributed by atoms with Gasteiger partial charge in [-0.05, 0) is 133 Å². The van der Waals surface area contributed by atoms with Gasteiger partial charge in [-0.3, -0.25) is 0 Å². The van der Waals surface area contributed by atoms with E-state index < -0.39 is 15.8 Å². The summed E-state index contributed by atoms with van der Waals surface area (Å²) in [5.74, 6) is 2.32. The fraction of sp³-hybridized carbons (Fsp3) is 0.775. The Hall–Kier alpha value is -1.74. The number of carbonyl (C=O) groups is 1. The predicted octanol–water partition coefficient (Wildman–Crippen LogP) is 6.50. The molecule has 5 aliphatic carbocycles. The molecule has 0 spiro atoms. The molecule has 7 rings (SSSR count). The maximum atomic E-state index is 12.0. The first-order valence-corrected chi connectivity index (χ1v) is 20.8. The van der Waals surface area contributed by atoms with Crippen molar-refractivity contribution in [2.45, 2.75) is 104 Å². The molecule has 48 heavy (non-hydrogen) atoms. The molecule has 9 unspecified atom stereocenters. The minimum atomic E-state index is -2.85. The van der Waals surface area contributed by atoms with Crippen LogP contribution in [0.25, 0.3) is 5.57 Å². The van der Waals surface area contributed by atoms with Crippen LogP contribution in [-0.2, 0) is 9.84 Å². The lowest BCUT2D eigenvalue weighted by Crippen LogP contribution is -2.69. The van der Waals surface area contributed by atoms with Gasteiger partial charge in [0.2, 0.25) is 0 Å². The topological polar surface area (TPSA) is 98.7 Å². The third kappa shape index (κ3) is 5.20. The summed E-state index contributed by atoms with van der Waals surface area (Å²) in [5, 5.41) is 17.5. The summed E-state index contributed by atoms with van der Waals surface area (Å²) in [6.07, 6.45) is 13.8. The van der Waals surface area contributed by atoms with Crippen molar-refractivity contribution >= 4 is 21.4 Å². The van der Waals surface area contributed by atoms with Gasteiger partial charge in [-0.15, -0.1) is 0 Å². The molecule has 0 aromatic heterocycles.